The highest BCUT2D eigenvalue weighted by atomic mass is 79.9. The lowest BCUT2D eigenvalue weighted by Gasteiger charge is -2.15. The van der Waals surface area contributed by atoms with Crippen LogP contribution in [0, 0.1) is 11.6 Å². The van der Waals surface area contributed by atoms with Crippen molar-refractivity contribution in [1.29, 1.82) is 0 Å². The Labute approximate surface area is 123 Å². The van der Waals surface area contributed by atoms with Crippen molar-refractivity contribution in [3.8, 4) is 0 Å². The van der Waals surface area contributed by atoms with Crippen LogP contribution in [0.15, 0.2) is 40.9 Å². The van der Waals surface area contributed by atoms with Gasteiger partial charge in [0.1, 0.15) is 11.6 Å². The molecular formula is C14H11BrClF2N. The minimum atomic E-state index is -0.578. The zero-order chi connectivity index (χ0) is 14.0. The maximum Gasteiger partial charge on any atom is 0.137 e. The first-order chi connectivity index (χ1) is 8.99. The van der Waals surface area contributed by atoms with Crippen molar-refractivity contribution in [3.63, 3.8) is 0 Å². The first-order valence-electron chi connectivity index (χ1n) is 5.62. The molecule has 2 rings (SSSR count). The van der Waals surface area contributed by atoms with Gasteiger partial charge in [-0.1, -0.05) is 23.7 Å². The molecule has 2 aromatic carbocycles. The van der Waals surface area contributed by atoms with Crippen molar-refractivity contribution < 1.29 is 8.78 Å². The smallest absolute Gasteiger partial charge is 0.137 e. The Hall–Kier alpha value is -0.970. The van der Waals surface area contributed by atoms with Gasteiger partial charge in [0.25, 0.3) is 0 Å². The topological polar surface area (TPSA) is 26.0 Å². The van der Waals surface area contributed by atoms with Crippen LogP contribution < -0.4 is 5.73 Å². The van der Waals surface area contributed by atoms with E-state index in [0.717, 1.165) is 5.56 Å². The van der Waals surface area contributed by atoms with E-state index in [1.807, 2.05) is 0 Å². The molecule has 0 saturated heterocycles. The molecule has 19 heavy (non-hydrogen) atoms. The second kappa shape index (κ2) is 5.99. The average molecular weight is 347 g/mol. The second-order valence-corrected chi connectivity index (χ2v) is 5.46. The van der Waals surface area contributed by atoms with Crippen LogP contribution in [-0.2, 0) is 6.42 Å². The summed E-state index contributed by atoms with van der Waals surface area (Å²) in [5.74, 6) is -0.776. The van der Waals surface area contributed by atoms with Crippen LogP contribution in [-0.4, -0.2) is 0 Å². The van der Waals surface area contributed by atoms with Crippen molar-refractivity contribution in [2.75, 3.05) is 0 Å². The highest BCUT2D eigenvalue weighted by molar-refractivity contribution is 9.10. The van der Waals surface area contributed by atoms with Gasteiger partial charge in [-0.25, -0.2) is 8.78 Å². The van der Waals surface area contributed by atoms with Crippen molar-refractivity contribution in [2.24, 2.45) is 5.73 Å². The van der Waals surface area contributed by atoms with E-state index in [0.29, 0.717) is 15.9 Å². The number of halogens is 4. The molecule has 1 atom stereocenters. The summed E-state index contributed by atoms with van der Waals surface area (Å²) in [4.78, 5) is 0. The number of hydrogen-bond donors (Lipinski definition) is 1. The summed E-state index contributed by atoms with van der Waals surface area (Å²) in [7, 11) is 0. The van der Waals surface area contributed by atoms with Gasteiger partial charge >= 0.3 is 0 Å². The van der Waals surface area contributed by atoms with E-state index >= 15 is 0 Å². The highest BCUT2D eigenvalue weighted by Gasteiger charge is 2.16. The Morgan fingerprint density at radius 3 is 2.53 bits per heavy atom. The molecule has 0 saturated carbocycles. The molecule has 1 unspecified atom stereocenters. The first kappa shape index (κ1) is 14.4. The summed E-state index contributed by atoms with van der Waals surface area (Å²) in [5.41, 5.74) is 7.07. The van der Waals surface area contributed by atoms with Crippen LogP contribution in [0.25, 0.3) is 0 Å². The lowest BCUT2D eigenvalue weighted by Crippen LogP contribution is -2.15. The van der Waals surface area contributed by atoms with E-state index in [-0.39, 0.29) is 11.4 Å². The standard InChI is InChI=1S/C14H11BrClF2N/c15-9-6-8(4-5-11(9)17)7-13(19)14-10(16)2-1-3-12(14)18/h1-6,13H,7,19H2. The van der Waals surface area contributed by atoms with Crippen LogP contribution in [0.4, 0.5) is 8.78 Å². The summed E-state index contributed by atoms with van der Waals surface area (Å²) in [6.45, 7) is 0. The van der Waals surface area contributed by atoms with E-state index in [9.17, 15) is 8.78 Å². The van der Waals surface area contributed by atoms with Gasteiger partial charge in [0, 0.05) is 16.6 Å². The quantitative estimate of drug-likeness (QED) is 0.862. The van der Waals surface area contributed by atoms with Crippen molar-refractivity contribution >= 4 is 27.5 Å². The molecule has 0 aliphatic heterocycles. The van der Waals surface area contributed by atoms with Crippen LogP contribution in [0.5, 0.6) is 0 Å². The Balaban J connectivity index is 2.25. The second-order valence-electron chi connectivity index (χ2n) is 4.19. The number of nitrogens with two attached hydrogens (primary N) is 1. The maximum absolute atomic E-state index is 13.7. The van der Waals surface area contributed by atoms with Crippen molar-refractivity contribution in [1.82, 2.24) is 0 Å². The molecule has 0 amide bonds. The fourth-order valence-electron chi connectivity index (χ4n) is 1.89. The van der Waals surface area contributed by atoms with Gasteiger partial charge in [0.05, 0.1) is 4.47 Å². The molecule has 0 radical (unpaired) electrons. The molecule has 0 aromatic heterocycles. The van der Waals surface area contributed by atoms with Gasteiger partial charge in [-0.05, 0) is 52.2 Å². The zero-order valence-electron chi connectivity index (χ0n) is 9.84. The number of benzene rings is 2. The van der Waals surface area contributed by atoms with E-state index in [1.165, 1.54) is 18.2 Å². The number of rotatable bonds is 3. The Kier molecular flexibility index (Phi) is 4.55. The predicted molar refractivity (Wildman–Crippen MR) is 76.1 cm³/mol. The summed E-state index contributed by atoms with van der Waals surface area (Å²) in [5, 5.41) is 0.300. The van der Waals surface area contributed by atoms with E-state index in [1.54, 1.807) is 18.2 Å². The molecule has 100 valence electrons. The molecule has 0 fully saturated rings. The lowest BCUT2D eigenvalue weighted by atomic mass is 9.99. The van der Waals surface area contributed by atoms with Gasteiger partial charge in [0.2, 0.25) is 0 Å². The summed E-state index contributed by atoms with van der Waals surface area (Å²) in [6.07, 6.45) is 0.375. The molecule has 0 aliphatic rings. The third kappa shape index (κ3) is 3.32. The molecule has 0 bridgehead atoms. The van der Waals surface area contributed by atoms with E-state index < -0.39 is 11.9 Å². The van der Waals surface area contributed by atoms with Crippen LogP contribution in [0.2, 0.25) is 5.02 Å². The third-order valence-electron chi connectivity index (χ3n) is 2.81. The van der Waals surface area contributed by atoms with Crippen LogP contribution in [0.3, 0.4) is 0 Å². The molecule has 0 heterocycles. The number of hydrogen-bond acceptors (Lipinski definition) is 1. The Bertz CT molecular complexity index is 584. The summed E-state index contributed by atoms with van der Waals surface area (Å²) in [6, 6.07) is 8.46. The molecule has 0 spiro atoms. The van der Waals surface area contributed by atoms with Crippen LogP contribution >= 0.6 is 27.5 Å². The van der Waals surface area contributed by atoms with Gasteiger partial charge in [-0.15, -0.1) is 0 Å². The van der Waals surface area contributed by atoms with Gasteiger partial charge in [-0.2, -0.15) is 0 Å². The molecule has 5 heteroatoms. The predicted octanol–water partition coefficient (Wildman–Crippen LogP) is 4.62. The minimum Gasteiger partial charge on any atom is -0.324 e. The summed E-state index contributed by atoms with van der Waals surface area (Å²) < 4.78 is 27.2. The Morgan fingerprint density at radius 1 is 1.16 bits per heavy atom. The van der Waals surface area contributed by atoms with Gasteiger partial charge in [-0.3, -0.25) is 0 Å². The molecular weight excluding hydrogens is 336 g/mol. The van der Waals surface area contributed by atoms with E-state index in [2.05, 4.69) is 15.9 Å². The lowest BCUT2D eigenvalue weighted by molar-refractivity contribution is 0.579. The molecule has 1 nitrogen and oxygen atoms in total. The fraction of sp³-hybridized carbons (Fsp3) is 0.143. The molecule has 2 N–H and O–H groups in total. The van der Waals surface area contributed by atoms with Crippen molar-refractivity contribution in [2.45, 2.75) is 12.5 Å². The minimum absolute atomic E-state index is 0.282. The SMILES string of the molecule is NC(Cc1ccc(F)c(Br)c1)c1c(F)cccc1Cl. The first-order valence-corrected chi connectivity index (χ1v) is 6.79. The molecule has 0 aliphatic carbocycles. The highest BCUT2D eigenvalue weighted by Crippen LogP contribution is 2.27. The van der Waals surface area contributed by atoms with Gasteiger partial charge < -0.3 is 5.73 Å². The third-order valence-corrected chi connectivity index (χ3v) is 3.75. The summed E-state index contributed by atoms with van der Waals surface area (Å²) >= 11 is 9.06. The maximum atomic E-state index is 13.7. The van der Waals surface area contributed by atoms with Gasteiger partial charge in [0.15, 0.2) is 0 Å². The zero-order valence-corrected chi connectivity index (χ0v) is 12.2. The van der Waals surface area contributed by atoms with E-state index in [4.69, 9.17) is 17.3 Å². The fourth-order valence-corrected chi connectivity index (χ4v) is 2.62. The van der Waals surface area contributed by atoms with Crippen LogP contribution in [0.1, 0.15) is 17.2 Å². The molecule has 2 aromatic rings. The monoisotopic (exact) mass is 345 g/mol. The Morgan fingerprint density at radius 2 is 1.89 bits per heavy atom. The largest absolute Gasteiger partial charge is 0.324 e. The van der Waals surface area contributed by atoms with Crippen molar-refractivity contribution in [3.05, 3.63) is 68.7 Å². The normalized spacial score (nSPS) is 12.5. The average Bonchev–Trinajstić information content (AvgIpc) is 2.33.